The Labute approximate surface area is 144 Å². The maximum Gasteiger partial charge on any atom is 0.255 e. The molecule has 1 unspecified atom stereocenters. The Morgan fingerprint density at radius 1 is 1.26 bits per heavy atom. The van der Waals surface area contributed by atoms with E-state index in [0.29, 0.717) is 17.0 Å². The Kier molecular flexibility index (Phi) is 6.04. The lowest BCUT2D eigenvalue weighted by atomic mass is 10.2. The zero-order valence-electron chi connectivity index (χ0n) is 13.4. The van der Waals surface area contributed by atoms with Crippen LogP contribution in [0.5, 0.6) is 11.5 Å². The van der Waals surface area contributed by atoms with Crippen molar-refractivity contribution >= 4 is 27.5 Å². The van der Waals surface area contributed by atoms with Crippen molar-refractivity contribution in [1.29, 1.82) is 0 Å². The Morgan fingerprint density at radius 2 is 2.04 bits per heavy atom. The Morgan fingerprint density at radius 3 is 2.70 bits per heavy atom. The van der Waals surface area contributed by atoms with E-state index in [1.807, 2.05) is 31.2 Å². The molecule has 0 aliphatic carbocycles. The summed E-state index contributed by atoms with van der Waals surface area (Å²) in [6.45, 7) is 4.08. The van der Waals surface area contributed by atoms with E-state index in [1.54, 1.807) is 25.3 Å². The molecule has 0 radical (unpaired) electrons. The molecule has 5 heteroatoms. The van der Waals surface area contributed by atoms with E-state index >= 15 is 0 Å². The Hall–Kier alpha value is -2.01. The number of ether oxygens (including phenoxy) is 2. The number of nitrogens with one attached hydrogen (secondary N) is 1. The van der Waals surface area contributed by atoms with Crippen LogP contribution in [0.25, 0.3) is 0 Å². The minimum Gasteiger partial charge on any atom is -0.496 e. The monoisotopic (exact) mass is 377 g/mol. The van der Waals surface area contributed by atoms with E-state index in [2.05, 4.69) is 28.2 Å². The quantitative estimate of drug-likeness (QED) is 0.779. The molecule has 0 saturated carbocycles. The number of amides is 1. The van der Waals surface area contributed by atoms with Gasteiger partial charge in [-0.3, -0.25) is 4.79 Å². The van der Waals surface area contributed by atoms with Gasteiger partial charge in [-0.05, 0) is 59.6 Å². The van der Waals surface area contributed by atoms with Crippen molar-refractivity contribution in [3.63, 3.8) is 0 Å². The minimum atomic E-state index is -0.186. The van der Waals surface area contributed by atoms with Crippen LogP contribution < -0.4 is 14.8 Å². The van der Waals surface area contributed by atoms with E-state index < -0.39 is 0 Å². The first-order valence-corrected chi connectivity index (χ1v) is 8.24. The maximum atomic E-state index is 12.3. The van der Waals surface area contributed by atoms with Gasteiger partial charge in [-0.1, -0.05) is 13.0 Å². The second kappa shape index (κ2) is 8.02. The van der Waals surface area contributed by atoms with Crippen LogP contribution >= 0.6 is 15.9 Å². The van der Waals surface area contributed by atoms with Crippen LogP contribution in [0, 0.1) is 0 Å². The number of hydrogen-bond donors (Lipinski definition) is 1. The second-order valence-electron chi connectivity index (χ2n) is 5.17. The summed E-state index contributed by atoms with van der Waals surface area (Å²) in [5, 5.41) is 2.87. The summed E-state index contributed by atoms with van der Waals surface area (Å²) >= 11 is 3.38. The van der Waals surface area contributed by atoms with Gasteiger partial charge in [-0.25, -0.2) is 0 Å². The van der Waals surface area contributed by atoms with Crippen LogP contribution in [0.2, 0.25) is 0 Å². The lowest BCUT2D eigenvalue weighted by Gasteiger charge is -2.14. The van der Waals surface area contributed by atoms with Crippen molar-refractivity contribution in [3.05, 3.63) is 52.5 Å². The summed E-state index contributed by atoms with van der Waals surface area (Å²) < 4.78 is 11.7. The number of halogens is 1. The number of rotatable bonds is 6. The summed E-state index contributed by atoms with van der Waals surface area (Å²) in [4.78, 5) is 12.3. The van der Waals surface area contributed by atoms with Gasteiger partial charge in [-0.15, -0.1) is 0 Å². The van der Waals surface area contributed by atoms with Gasteiger partial charge in [0.2, 0.25) is 0 Å². The van der Waals surface area contributed by atoms with Crippen LogP contribution in [0.4, 0.5) is 5.69 Å². The summed E-state index contributed by atoms with van der Waals surface area (Å²) in [7, 11) is 1.59. The average molecular weight is 378 g/mol. The van der Waals surface area contributed by atoms with Gasteiger partial charge >= 0.3 is 0 Å². The zero-order valence-corrected chi connectivity index (χ0v) is 15.0. The van der Waals surface area contributed by atoms with E-state index in [4.69, 9.17) is 9.47 Å². The fourth-order valence-corrected chi connectivity index (χ4v) is 2.51. The number of methoxy groups -OCH3 is 1. The molecule has 0 aliphatic heterocycles. The summed E-state index contributed by atoms with van der Waals surface area (Å²) in [6.07, 6.45) is 1.06. The van der Waals surface area contributed by atoms with Gasteiger partial charge in [0, 0.05) is 17.3 Å². The fraction of sp³-hybridized carbons (Fsp3) is 0.278. The number of carbonyl (C=O) groups is 1. The molecule has 2 aromatic rings. The number of benzene rings is 2. The van der Waals surface area contributed by atoms with Crippen molar-refractivity contribution in [2.45, 2.75) is 26.4 Å². The SMILES string of the molecule is CCC(C)Oc1cccc(NC(=O)c2ccc(OC)c(Br)c2)c1. The third kappa shape index (κ3) is 4.73. The largest absolute Gasteiger partial charge is 0.496 e. The molecule has 0 aromatic heterocycles. The van der Waals surface area contributed by atoms with E-state index in [-0.39, 0.29) is 12.0 Å². The predicted molar refractivity (Wildman–Crippen MR) is 95.5 cm³/mol. The second-order valence-corrected chi connectivity index (χ2v) is 6.02. The molecule has 1 atom stereocenters. The van der Waals surface area contributed by atoms with Crippen molar-refractivity contribution in [2.75, 3.05) is 12.4 Å². The Balaban J connectivity index is 2.11. The first-order valence-electron chi connectivity index (χ1n) is 7.45. The van der Waals surface area contributed by atoms with Gasteiger partial charge in [0.15, 0.2) is 0 Å². The van der Waals surface area contributed by atoms with Gasteiger partial charge in [0.05, 0.1) is 17.7 Å². The summed E-state index contributed by atoms with van der Waals surface area (Å²) in [5.74, 6) is 1.24. The molecule has 4 nitrogen and oxygen atoms in total. The van der Waals surface area contributed by atoms with Crippen molar-refractivity contribution < 1.29 is 14.3 Å². The molecule has 23 heavy (non-hydrogen) atoms. The van der Waals surface area contributed by atoms with E-state index in [9.17, 15) is 4.79 Å². The summed E-state index contributed by atoms with van der Waals surface area (Å²) in [5.41, 5.74) is 1.24. The summed E-state index contributed by atoms with van der Waals surface area (Å²) in [6, 6.07) is 12.6. The molecule has 0 aliphatic rings. The highest BCUT2D eigenvalue weighted by molar-refractivity contribution is 9.10. The van der Waals surface area contributed by atoms with E-state index in [0.717, 1.165) is 16.6 Å². The third-order valence-electron chi connectivity index (χ3n) is 3.42. The van der Waals surface area contributed by atoms with Crippen molar-refractivity contribution in [2.24, 2.45) is 0 Å². The highest BCUT2D eigenvalue weighted by Crippen LogP contribution is 2.26. The minimum absolute atomic E-state index is 0.137. The molecule has 2 aromatic carbocycles. The fourth-order valence-electron chi connectivity index (χ4n) is 1.97. The number of carbonyl (C=O) groups excluding carboxylic acids is 1. The van der Waals surface area contributed by atoms with Crippen LogP contribution in [-0.2, 0) is 0 Å². The van der Waals surface area contributed by atoms with Crippen molar-refractivity contribution in [1.82, 2.24) is 0 Å². The molecule has 122 valence electrons. The van der Waals surface area contributed by atoms with Gasteiger partial charge in [-0.2, -0.15) is 0 Å². The van der Waals surface area contributed by atoms with Crippen LogP contribution in [0.1, 0.15) is 30.6 Å². The Bertz CT molecular complexity index is 688. The van der Waals surface area contributed by atoms with Gasteiger partial charge in [0.1, 0.15) is 11.5 Å². The zero-order chi connectivity index (χ0) is 16.8. The molecule has 1 amide bonds. The standard InChI is InChI=1S/C18H20BrNO3/c1-4-12(2)23-15-7-5-6-14(11-15)20-18(21)13-8-9-17(22-3)16(19)10-13/h5-12H,4H2,1-3H3,(H,20,21). The maximum absolute atomic E-state index is 12.3. The molecular weight excluding hydrogens is 358 g/mol. The third-order valence-corrected chi connectivity index (χ3v) is 4.04. The van der Waals surface area contributed by atoms with Crippen LogP contribution in [0.3, 0.4) is 0 Å². The lowest BCUT2D eigenvalue weighted by molar-refractivity contribution is 0.102. The topological polar surface area (TPSA) is 47.6 Å². The normalized spacial score (nSPS) is 11.7. The predicted octanol–water partition coefficient (Wildman–Crippen LogP) is 4.89. The molecule has 0 fully saturated rings. The molecule has 0 spiro atoms. The van der Waals surface area contributed by atoms with Gasteiger partial charge < -0.3 is 14.8 Å². The highest BCUT2D eigenvalue weighted by atomic mass is 79.9. The first kappa shape index (κ1) is 17.3. The molecule has 0 bridgehead atoms. The lowest BCUT2D eigenvalue weighted by Crippen LogP contribution is -2.13. The smallest absolute Gasteiger partial charge is 0.255 e. The molecular formula is C18H20BrNO3. The van der Waals surface area contributed by atoms with E-state index in [1.165, 1.54) is 0 Å². The van der Waals surface area contributed by atoms with Crippen LogP contribution in [0.15, 0.2) is 46.9 Å². The van der Waals surface area contributed by atoms with Crippen LogP contribution in [-0.4, -0.2) is 19.1 Å². The number of anilines is 1. The molecule has 1 N–H and O–H groups in total. The van der Waals surface area contributed by atoms with Crippen molar-refractivity contribution in [3.8, 4) is 11.5 Å². The molecule has 2 rings (SSSR count). The highest BCUT2D eigenvalue weighted by Gasteiger charge is 2.10. The molecule has 0 saturated heterocycles. The number of hydrogen-bond acceptors (Lipinski definition) is 3. The molecule has 0 heterocycles. The first-order chi connectivity index (χ1) is 11.0. The van der Waals surface area contributed by atoms with Gasteiger partial charge in [0.25, 0.3) is 5.91 Å². The average Bonchev–Trinajstić information content (AvgIpc) is 2.54.